The molecule has 4 nitrogen and oxygen atoms in total. The van der Waals surface area contributed by atoms with Crippen molar-refractivity contribution in [2.45, 2.75) is 25.9 Å². The van der Waals surface area contributed by atoms with Gasteiger partial charge in [0.1, 0.15) is 11.6 Å². The van der Waals surface area contributed by atoms with Crippen LogP contribution >= 0.6 is 0 Å². The fourth-order valence-corrected chi connectivity index (χ4v) is 4.05. The molecule has 1 atom stereocenters. The maximum atomic E-state index is 13.5. The predicted octanol–water partition coefficient (Wildman–Crippen LogP) is 2.60. The van der Waals surface area contributed by atoms with Crippen LogP contribution in [0.4, 0.5) is 4.39 Å². The van der Waals surface area contributed by atoms with Gasteiger partial charge in [-0.25, -0.2) is 4.39 Å². The third-order valence-corrected chi connectivity index (χ3v) is 5.44. The number of hydrogen-bond donors (Lipinski definition) is 2. The summed E-state index contributed by atoms with van der Waals surface area (Å²) in [5.74, 6) is -0.171. The smallest absolute Gasteiger partial charge is 0.228 e. The van der Waals surface area contributed by atoms with Crippen LogP contribution in [0, 0.1) is 11.2 Å². The average Bonchev–Trinajstić information content (AvgIpc) is 2.94. The van der Waals surface area contributed by atoms with E-state index in [2.05, 4.69) is 22.3 Å². The van der Waals surface area contributed by atoms with Gasteiger partial charge in [-0.2, -0.15) is 0 Å². The first-order chi connectivity index (χ1) is 12.1. The molecule has 25 heavy (non-hydrogen) atoms. The Hall–Kier alpha value is -2.40. The predicted molar refractivity (Wildman–Crippen MR) is 92.4 cm³/mol. The van der Waals surface area contributed by atoms with E-state index in [4.69, 9.17) is 0 Å². The summed E-state index contributed by atoms with van der Waals surface area (Å²) in [4.78, 5) is 14.9. The number of hydrogen-bond acceptors (Lipinski definition) is 3. The van der Waals surface area contributed by atoms with Gasteiger partial charge >= 0.3 is 0 Å². The molecule has 2 heterocycles. The second-order valence-electron chi connectivity index (χ2n) is 7.14. The lowest BCUT2D eigenvalue weighted by Crippen LogP contribution is -2.42. The molecule has 1 spiro atoms. The number of benzene rings is 2. The first kappa shape index (κ1) is 16.1. The third kappa shape index (κ3) is 3.00. The third-order valence-electron chi connectivity index (χ3n) is 5.44. The van der Waals surface area contributed by atoms with Crippen molar-refractivity contribution in [1.82, 2.24) is 10.2 Å². The van der Waals surface area contributed by atoms with Crippen molar-refractivity contribution in [3.05, 3.63) is 65.0 Å². The average molecular weight is 340 g/mol. The largest absolute Gasteiger partial charge is 0.508 e. The first-order valence-corrected chi connectivity index (χ1v) is 8.61. The molecule has 1 unspecified atom stereocenters. The Morgan fingerprint density at radius 1 is 1.20 bits per heavy atom. The van der Waals surface area contributed by atoms with E-state index in [0.717, 1.165) is 19.4 Å². The minimum absolute atomic E-state index is 0.0923. The molecular formula is C20H21FN2O2. The standard InChI is InChI=1S/C20H21FN2O2/c21-17-5-6-18(24)16(9-17)12-23-8-7-20(13-23)10-14-3-1-2-4-15(14)11-22-19(20)25/h1-6,9,24H,7-8,10-13H2,(H,22,25). The zero-order chi connectivity index (χ0) is 17.4. The first-order valence-electron chi connectivity index (χ1n) is 8.61. The number of nitrogens with zero attached hydrogens (tertiary/aromatic N) is 1. The van der Waals surface area contributed by atoms with E-state index in [1.54, 1.807) is 0 Å². The molecule has 5 heteroatoms. The maximum Gasteiger partial charge on any atom is 0.228 e. The Bertz CT molecular complexity index is 823. The van der Waals surface area contributed by atoms with Crippen LogP contribution in [0.2, 0.25) is 0 Å². The summed E-state index contributed by atoms with van der Waals surface area (Å²) in [6.07, 6.45) is 1.49. The molecule has 1 amide bonds. The Balaban J connectivity index is 1.56. The van der Waals surface area contributed by atoms with Gasteiger partial charge in [0.2, 0.25) is 5.91 Å². The van der Waals surface area contributed by atoms with Gasteiger partial charge in [0, 0.05) is 25.2 Å². The normalized spacial score (nSPS) is 23.3. The quantitative estimate of drug-likeness (QED) is 0.884. The number of halogens is 1. The van der Waals surface area contributed by atoms with E-state index < -0.39 is 5.41 Å². The lowest BCUT2D eigenvalue weighted by molar-refractivity contribution is -0.130. The van der Waals surface area contributed by atoms with Crippen LogP contribution in [0.5, 0.6) is 5.75 Å². The number of amides is 1. The van der Waals surface area contributed by atoms with Gasteiger partial charge in [0.25, 0.3) is 0 Å². The van der Waals surface area contributed by atoms with Gasteiger partial charge in [-0.1, -0.05) is 24.3 Å². The number of rotatable bonds is 2. The zero-order valence-corrected chi connectivity index (χ0v) is 14.0. The van der Waals surface area contributed by atoms with Gasteiger partial charge in [-0.3, -0.25) is 9.69 Å². The number of carbonyl (C=O) groups excluding carboxylic acids is 1. The Morgan fingerprint density at radius 3 is 2.84 bits per heavy atom. The topological polar surface area (TPSA) is 52.6 Å². The van der Waals surface area contributed by atoms with Gasteiger partial charge in [-0.05, 0) is 48.7 Å². The number of aromatic hydroxyl groups is 1. The minimum Gasteiger partial charge on any atom is -0.508 e. The van der Waals surface area contributed by atoms with E-state index in [9.17, 15) is 14.3 Å². The molecule has 4 rings (SSSR count). The summed E-state index contributed by atoms with van der Waals surface area (Å²) < 4.78 is 13.5. The summed E-state index contributed by atoms with van der Waals surface area (Å²) in [5.41, 5.74) is 2.51. The molecule has 2 aromatic rings. The van der Waals surface area contributed by atoms with Gasteiger partial charge in [0.05, 0.1) is 5.41 Å². The van der Waals surface area contributed by atoms with E-state index >= 15 is 0 Å². The number of phenolic OH excluding ortho intramolecular Hbond substituents is 1. The van der Waals surface area contributed by atoms with Crippen LogP contribution in [0.1, 0.15) is 23.1 Å². The monoisotopic (exact) mass is 340 g/mol. The summed E-state index contributed by atoms with van der Waals surface area (Å²) >= 11 is 0. The van der Waals surface area contributed by atoms with Crippen molar-refractivity contribution in [1.29, 1.82) is 0 Å². The highest BCUT2D eigenvalue weighted by molar-refractivity contribution is 5.84. The number of phenols is 1. The molecule has 2 aromatic carbocycles. The molecule has 1 fully saturated rings. The lowest BCUT2D eigenvalue weighted by atomic mass is 9.80. The van der Waals surface area contributed by atoms with E-state index in [1.807, 2.05) is 12.1 Å². The molecule has 0 bridgehead atoms. The van der Waals surface area contributed by atoms with Crippen LogP contribution in [-0.2, 0) is 24.3 Å². The Kier molecular flexibility index (Phi) is 3.96. The van der Waals surface area contributed by atoms with Crippen molar-refractivity contribution in [2.24, 2.45) is 5.41 Å². The molecule has 2 aliphatic heterocycles. The van der Waals surface area contributed by atoms with Gasteiger partial charge in [0.15, 0.2) is 0 Å². The molecule has 0 saturated carbocycles. The van der Waals surface area contributed by atoms with Crippen LogP contribution in [0.15, 0.2) is 42.5 Å². The second-order valence-corrected chi connectivity index (χ2v) is 7.14. The van der Waals surface area contributed by atoms with Gasteiger partial charge in [-0.15, -0.1) is 0 Å². The molecule has 2 aliphatic rings. The minimum atomic E-state index is -0.449. The molecule has 0 radical (unpaired) electrons. The fourth-order valence-electron chi connectivity index (χ4n) is 4.05. The summed E-state index contributed by atoms with van der Waals surface area (Å²) in [6.45, 7) is 2.39. The molecule has 0 aliphatic carbocycles. The van der Waals surface area contributed by atoms with Crippen LogP contribution < -0.4 is 5.32 Å². The summed E-state index contributed by atoms with van der Waals surface area (Å²) in [6, 6.07) is 12.2. The highest BCUT2D eigenvalue weighted by atomic mass is 19.1. The van der Waals surface area contributed by atoms with Gasteiger partial charge < -0.3 is 10.4 Å². The van der Waals surface area contributed by atoms with E-state index in [0.29, 0.717) is 25.2 Å². The summed E-state index contributed by atoms with van der Waals surface area (Å²) in [7, 11) is 0. The van der Waals surface area contributed by atoms with Crippen molar-refractivity contribution in [2.75, 3.05) is 13.1 Å². The maximum absolute atomic E-state index is 13.5. The van der Waals surface area contributed by atoms with E-state index in [-0.39, 0.29) is 17.5 Å². The second kappa shape index (κ2) is 6.15. The van der Waals surface area contributed by atoms with Crippen LogP contribution in [-0.4, -0.2) is 29.0 Å². The SMILES string of the molecule is O=C1NCc2ccccc2CC12CCN(Cc1cc(F)ccc1O)C2. The zero-order valence-electron chi connectivity index (χ0n) is 14.0. The number of nitrogens with one attached hydrogen (secondary N) is 1. The molecule has 2 N–H and O–H groups in total. The fraction of sp³-hybridized carbons (Fsp3) is 0.350. The van der Waals surface area contributed by atoms with Crippen molar-refractivity contribution >= 4 is 5.91 Å². The lowest BCUT2D eigenvalue weighted by Gasteiger charge is -2.26. The Labute approximate surface area is 146 Å². The van der Waals surface area contributed by atoms with Crippen LogP contribution in [0.3, 0.4) is 0 Å². The van der Waals surface area contributed by atoms with E-state index in [1.165, 1.54) is 29.3 Å². The summed E-state index contributed by atoms with van der Waals surface area (Å²) in [5, 5.41) is 13.0. The number of likely N-dealkylation sites (tertiary alicyclic amines) is 1. The number of carbonyl (C=O) groups is 1. The number of fused-ring (bicyclic) bond motifs is 1. The molecule has 0 aromatic heterocycles. The molecular weight excluding hydrogens is 319 g/mol. The molecule has 1 saturated heterocycles. The van der Waals surface area contributed by atoms with Crippen molar-refractivity contribution in [3.8, 4) is 5.75 Å². The highest BCUT2D eigenvalue weighted by Crippen LogP contribution is 2.38. The van der Waals surface area contributed by atoms with Crippen molar-refractivity contribution < 1.29 is 14.3 Å². The Morgan fingerprint density at radius 2 is 2.00 bits per heavy atom. The van der Waals surface area contributed by atoms with Crippen LogP contribution in [0.25, 0.3) is 0 Å². The molecule has 130 valence electrons. The highest BCUT2D eigenvalue weighted by Gasteiger charge is 2.45. The van der Waals surface area contributed by atoms with Crippen molar-refractivity contribution in [3.63, 3.8) is 0 Å².